The summed E-state index contributed by atoms with van der Waals surface area (Å²) in [5.41, 5.74) is 1.07. The Labute approximate surface area is 123 Å². The molecular formula is C13H15Cl2N3O. The van der Waals surface area contributed by atoms with Crippen molar-refractivity contribution in [3.63, 3.8) is 0 Å². The second-order valence-corrected chi connectivity index (χ2v) is 4.20. The van der Waals surface area contributed by atoms with Gasteiger partial charge in [0.2, 0.25) is 5.88 Å². The van der Waals surface area contributed by atoms with Crippen molar-refractivity contribution in [2.45, 2.75) is 6.54 Å². The summed E-state index contributed by atoms with van der Waals surface area (Å²) in [6.45, 7) is 2.33. The first-order valence-electron chi connectivity index (χ1n) is 5.80. The SMILES string of the molecule is Clc1ccc(OCC[NH2+]Cc2ccccn2)nc1.[Cl-]. The van der Waals surface area contributed by atoms with E-state index < -0.39 is 0 Å². The first kappa shape index (κ1) is 15.7. The van der Waals surface area contributed by atoms with Crippen LogP contribution >= 0.6 is 11.6 Å². The summed E-state index contributed by atoms with van der Waals surface area (Å²) in [5, 5.41) is 2.77. The van der Waals surface area contributed by atoms with Crippen LogP contribution < -0.4 is 22.5 Å². The molecule has 102 valence electrons. The molecule has 0 saturated heterocycles. The molecule has 0 aliphatic heterocycles. The van der Waals surface area contributed by atoms with Crippen molar-refractivity contribution in [3.05, 3.63) is 53.4 Å². The molecule has 0 radical (unpaired) electrons. The monoisotopic (exact) mass is 299 g/mol. The van der Waals surface area contributed by atoms with Gasteiger partial charge in [-0.2, -0.15) is 0 Å². The van der Waals surface area contributed by atoms with E-state index in [2.05, 4.69) is 15.3 Å². The first-order chi connectivity index (χ1) is 8.84. The Balaban J connectivity index is 0.00000180. The van der Waals surface area contributed by atoms with Crippen LogP contribution in [-0.4, -0.2) is 23.1 Å². The summed E-state index contributed by atoms with van der Waals surface area (Å²) >= 11 is 5.73. The predicted octanol–water partition coefficient (Wildman–Crippen LogP) is -1.72. The number of quaternary nitrogens is 1. The molecule has 19 heavy (non-hydrogen) atoms. The summed E-state index contributed by atoms with van der Waals surface area (Å²) < 4.78 is 5.48. The molecule has 4 nitrogen and oxygen atoms in total. The van der Waals surface area contributed by atoms with Crippen LogP contribution in [-0.2, 0) is 6.54 Å². The largest absolute Gasteiger partial charge is 1.00 e. The average Bonchev–Trinajstić information content (AvgIpc) is 2.42. The van der Waals surface area contributed by atoms with Gasteiger partial charge in [-0.25, -0.2) is 4.98 Å². The summed E-state index contributed by atoms with van der Waals surface area (Å²) in [5.74, 6) is 0.602. The second kappa shape index (κ2) is 8.69. The lowest BCUT2D eigenvalue weighted by Crippen LogP contribution is -3.00. The molecule has 0 atom stereocenters. The molecule has 0 aliphatic carbocycles. The number of rotatable bonds is 6. The molecule has 2 rings (SSSR count). The highest BCUT2D eigenvalue weighted by Crippen LogP contribution is 2.10. The number of aromatic nitrogens is 2. The van der Waals surface area contributed by atoms with Crippen molar-refractivity contribution in [1.29, 1.82) is 0 Å². The fourth-order valence-electron chi connectivity index (χ4n) is 1.46. The summed E-state index contributed by atoms with van der Waals surface area (Å²) in [6.07, 6.45) is 3.38. The molecule has 0 unspecified atom stereocenters. The highest BCUT2D eigenvalue weighted by atomic mass is 35.5. The van der Waals surface area contributed by atoms with Gasteiger partial charge in [-0.15, -0.1) is 0 Å². The predicted molar refractivity (Wildman–Crippen MR) is 69.5 cm³/mol. The Bertz CT molecular complexity index is 465. The average molecular weight is 300 g/mol. The molecule has 2 aromatic heterocycles. The van der Waals surface area contributed by atoms with E-state index in [0.29, 0.717) is 17.5 Å². The number of halogens is 2. The quantitative estimate of drug-likeness (QED) is 0.646. The highest BCUT2D eigenvalue weighted by molar-refractivity contribution is 6.30. The molecule has 0 saturated carbocycles. The van der Waals surface area contributed by atoms with E-state index in [4.69, 9.17) is 16.3 Å². The Morgan fingerprint density at radius 1 is 1.16 bits per heavy atom. The zero-order valence-corrected chi connectivity index (χ0v) is 11.8. The Hall–Kier alpha value is -1.36. The number of nitrogens with two attached hydrogens (primary N) is 1. The number of hydrogen-bond acceptors (Lipinski definition) is 3. The number of ether oxygens (including phenoxy) is 1. The second-order valence-electron chi connectivity index (χ2n) is 3.77. The van der Waals surface area contributed by atoms with Crippen molar-refractivity contribution in [2.24, 2.45) is 0 Å². The van der Waals surface area contributed by atoms with E-state index in [1.807, 2.05) is 18.2 Å². The number of hydrogen-bond donors (Lipinski definition) is 1. The Kier molecular flexibility index (Phi) is 7.18. The molecule has 2 heterocycles. The van der Waals surface area contributed by atoms with Gasteiger partial charge in [0.1, 0.15) is 19.7 Å². The van der Waals surface area contributed by atoms with Gasteiger partial charge in [0.25, 0.3) is 0 Å². The maximum absolute atomic E-state index is 5.73. The van der Waals surface area contributed by atoms with Crippen molar-refractivity contribution < 1.29 is 22.5 Å². The summed E-state index contributed by atoms with van der Waals surface area (Å²) in [7, 11) is 0. The van der Waals surface area contributed by atoms with Gasteiger partial charge in [0.05, 0.1) is 10.7 Å². The maximum Gasteiger partial charge on any atom is 0.213 e. The van der Waals surface area contributed by atoms with E-state index in [-0.39, 0.29) is 12.4 Å². The van der Waals surface area contributed by atoms with E-state index >= 15 is 0 Å². The number of pyridine rings is 2. The molecular weight excluding hydrogens is 285 g/mol. The smallest absolute Gasteiger partial charge is 0.213 e. The van der Waals surface area contributed by atoms with E-state index in [9.17, 15) is 0 Å². The topological polar surface area (TPSA) is 51.6 Å². The molecule has 2 N–H and O–H groups in total. The van der Waals surface area contributed by atoms with Gasteiger partial charge >= 0.3 is 0 Å². The minimum atomic E-state index is 0. The van der Waals surface area contributed by atoms with Crippen molar-refractivity contribution in [2.75, 3.05) is 13.2 Å². The van der Waals surface area contributed by atoms with Gasteiger partial charge in [-0.05, 0) is 18.2 Å². The lowest BCUT2D eigenvalue weighted by atomic mass is 10.3. The van der Waals surface area contributed by atoms with Crippen molar-refractivity contribution >= 4 is 11.6 Å². The van der Waals surface area contributed by atoms with Gasteiger partial charge in [-0.3, -0.25) is 4.98 Å². The normalized spacial score (nSPS) is 9.74. The Morgan fingerprint density at radius 3 is 2.74 bits per heavy atom. The Morgan fingerprint density at radius 2 is 2.05 bits per heavy atom. The zero-order chi connectivity index (χ0) is 12.6. The molecule has 0 amide bonds. The molecule has 2 aromatic rings. The van der Waals surface area contributed by atoms with Gasteiger partial charge in [0.15, 0.2) is 0 Å². The van der Waals surface area contributed by atoms with Crippen molar-refractivity contribution in [1.82, 2.24) is 9.97 Å². The lowest BCUT2D eigenvalue weighted by Gasteiger charge is -2.04. The molecule has 0 bridgehead atoms. The van der Waals surface area contributed by atoms with Crippen LogP contribution in [0.5, 0.6) is 5.88 Å². The first-order valence-corrected chi connectivity index (χ1v) is 6.18. The van der Waals surface area contributed by atoms with Crippen LogP contribution in [0.1, 0.15) is 5.69 Å². The third-order valence-electron chi connectivity index (χ3n) is 2.35. The van der Waals surface area contributed by atoms with Crippen LogP contribution in [0.4, 0.5) is 0 Å². The van der Waals surface area contributed by atoms with E-state index in [0.717, 1.165) is 18.8 Å². The van der Waals surface area contributed by atoms with Crippen LogP contribution in [0.15, 0.2) is 42.7 Å². The minimum Gasteiger partial charge on any atom is -1.00 e. The molecule has 6 heteroatoms. The summed E-state index contributed by atoms with van der Waals surface area (Å²) in [4.78, 5) is 8.30. The van der Waals surface area contributed by atoms with Gasteiger partial charge < -0.3 is 22.5 Å². The van der Waals surface area contributed by atoms with Crippen LogP contribution in [0.25, 0.3) is 0 Å². The standard InChI is InChI=1S/C13H14ClN3O.ClH/c14-11-4-5-13(17-9-11)18-8-7-15-10-12-3-1-2-6-16-12;/h1-6,9,15H,7-8,10H2;1H. The molecule has 0 aromatic carbocycles. The third-order valence-corrected chi connectivity index (χ3v) is 2.58. The van der Waals surface area contributed by atoms with E-state index in [1.165, 1.54) is 0 Å². The molecule has 0 aliphatic rings. The van der Waals surface area contributed by atoms with Crippen LogP contribution in [0, 0.1) is 0 Å². The van der Waals surface area contributed by atoms with Crippen molar-refractivity contribution in [3.8, 4) is 5.88 Å². The lowest BCUT2D eigenvalue weighted by molar-refractivity contribution is -0.671. The van der Waals surface area contributed by atoms with Crippen LogP contribution in [0.3, 0.4) is 0 Å². The van der Waals surface area contributed by atoms with Gasteiger partial charge in [0, 0.05) is 18.5 Å². The third kappa shape index (κ3) is 5.87. The van der Waals surface area contributed by atoms with Crippen LogP contribution in [0.2, 0.25) is 5.02 Å². The zero-order valence-electron chi connectivity index (χ0n) is 10.3. The molecule has 0 spiro atoms. The summed E-state index contributed by atoms with van der Waals surface area (Å²) in [6, 6.07) is 9.45. The molecule has 0 fully saturated rings. The maximum atomic E-state index is 5.73. The number of nitrogens with zero attached hydrogens (tertiary/aromatic N) is 2. The fraction of sp³-hybridized carbons (Fsp3) is 0.231. The highest BCUT2D eigenvalue weighted by Gasteiger charge is 1.98. The van der Waals surface area contributed by atoms with Gasteiger partial charge in [-0.1, -0.05) is 17.7 Å². The minimum absolute atomic E-state index is 0. The van der Waals surface area contributed by atoms with E-state index in [1.54, 1.807) is 24.5 Å². The fourth-order valence-corrected chi connectivity index (χ4v) is 1.58.